The van der Waals surface area contributed by atoms with E-state index in [0.29, 0.717) is 34.1 Å². The van der Waals surface area contributed by atoms with Crippen LogP contribution in [0.5, 0.6) is 0 Å². The van der Waals surface area contributed by atoms with Gasteiger partial charge in [0.1, 0.15) is 11.1 Å². The number of amides is 2. The maximum absolute atomic E-state index is 12.6. The average molecular weight is 412 g/mol. The van der Waals surface area contributed by atoms with Crippen LogP contribution in [0.2, 0.25) is 0 Å². The van der Waals surface area contributed by atoms with Crippen LogP contribution in [0.15, 0.2) is 30.3 Å². The van der Waals surface area contributed by atoms with Crippen LogP contribution < -0.4 is 5.32 Å². The van der Waals surface area contributed by atoms with Crippen molar-refractivity contribution in [3.63, 3.8) is 0 Å². The van der Waals surface area contributed by atoms with Gasteiger partial charge in [0, 0.05) is 31.3 Å². The molecule has 1 aromatic carbocycles. The summed E-state index contributed by atoms with van der Waals surface area (Å²) in [5.74, 6) is -0.640. The van der Waals surface area contributed by atoms with Crippen molar-refractivity contribution < 1.29 is 14.5 Å². The van der Waals surface area contributed by atoms with Crippen LogP contribution in [0.4, 0.5) is 10.7 Å². The largest absolute Gasteiger partial charge is 0.338 e. The molecule has 8 nitrogen and oxygen atoms in total. The molecule has 2 rings (SSSR count). The van der Waals surface area contributed by atoms with Crippen LogP contribution in [0.25, 0.3) is 6.08 Å². The zero-order chi connectivity index (χ0) is 21.6. The lowest BCUT2D eigenvalue weighted by Crippen LogP contribution is -2.30. The summed E-state index contributed by atoms with van der Waals surface area (Å²) >= 11 is 1.08. The Kier molecular flexibility index (Phi) is 7.22. The first-order valence-corrected chi connectivity index (χ1v) is 9.70. The minimum atomic E-state index is -0.500. The SMILES string of the molecule is CCN(CC)C(=O)c1sc(NC(=O)C=Cc2ccc([N+](=O)[O-])cc2)c(C#N)c1C. The van der Waals surface area contributed by atoms with E-state index in [-0.39, 0.29) is 17.2 Å². The Morgan fingerprint density at radius 3 is 2.41 bits per heavy atom. The van der Waals surface area contributed by atoms with Gasteiger partial charge in [0.2, 0.25) is 5.91 Å². The van der Waals surface area contributed by atoms with E-state index < -0.39 is 10.8 Å². The van der Waals surface area contributed by atoms with E-state index in [2.05, 4.69) is 5.32 Å². The van der Waals surface area contributed by atoms with Crippen LogP contribution in [0.3, 0.4) is 0 Å². The van der Waals surface area contributed by atoms with Gasteiger partial charge in [0.15, 0.2) is 0 Å². The van der Waals surface area contributed by atoms with Gasteiger partial charge in [-0.2, -0.15) is 5.26 Å². The highest BCUT2D eigenvalue weighted by Crippen LogP contribution is 2.33. The Hall–Kier alpha value is -3.51. The van der Waals surface area contributed by atoms with Crippen molar-refractivity contribution in [1.82, 2.24) is 4.90 Å². The quantitative estimate of drug-likeness (QED) is 0.419. The van der Waals surface area contributed by atoms with Gasteiger partial charge in [0.25, 0.3) is 11.6 Å². The number of benzene rings is 1. The number of anilines is 1. The maximum atomic E-state index is 12.6. The number of nitrogens with one attached hydrogen (secondary N) is 1. The van der Waals surface area contributed by atoms with Gasteiger partial charge in [-0.25, -0.2) is 0 Å². The molecule has 29 heavy (non-hydrogen) atoms. The van der Waals surface area contributed by atoms with E-state index in [1.165, 1.54) is 36.4 Å². The second-order valence-corrected chi connectivity index (χ2v) is 7.04. The molecule has 0 saturated heterocycles. The van der Waals surface area contributed by atoms with Crippen LogP contribution in [-0.2, 0) is 4.79 Å². The number of nitrogens with zero attached hydrogens (tertiary/aromatic N) is 3. The van der Waals surface area contributed by atoms with E-state index in [9.17, 15) is 25.0 Å². The van der Waals surface area contributed by atoms with Crippen molar-refractivity contribution in [2.75, 3.05) is 18.4 Å². The molecule has 1 heterocycles. The highest BCUT2D eigenvalue weighted by atomic mass is 32.1. The topological polar surface area (TPSA) is 116 Å². The number of thiophene rings is 1. The van der Waals surface area contributed by atoms with Gasteiger partial charge in [-0.15, -0.1) is 11.3 Å². The summed E-state index contributed by atoms with van der Waals surface area (Å²) in [5.41, 5.74) is 1.39. The number of hydrogen-bond donors (Lipinski definition) is 1. The Balaban J connectivity index is 2.19. The third-order valence-electron chi connectivity index (χ3n) is 4.27. The molecule has 0 bridgehead atoms. The van der Waals surface area contributed by atoms with E-state index >= 15 is 0 Å². The van der Waals surface area contributed by atoms with Gasteiger partial charge in [-0.1, -0.05) is 0 Å². The van der Waals surface area contributed by atoms with Crippen LogP contribution >= 0.6 is 11.3 Å². The highest BCUT2D eigenvalue weighted by molar-refractivity contribution is 7.18. The predicted molar refractivity (Wildman–Crippen MR) is 112 cm³/mol. The van der Waals surface area contributed by atoms with Crippen molar-refractivity contribution in [3.05, 3.63) is 62.0 Å². The predicted octanol–water partition coefficient (Wildman–Crippen LogP) is 3.97. The molecule has 0 radical (unpaired) electrons. The molecule has 2 aromatic rings. The number of hydrogen-bond acceptors (Lipinski definition) is 6. The van der Waals surface area contributed by atoms with Gasteiger partial charge in [-0.3, -0.25) is 19.7 Å². The molecular weight excluding hydrogens is 392 g/mol. The van der Waals surface area contributed by atoms with E-state index in [1.54, 1.807) is 11.8 Å². The van der Waals surface area contributed by atoms with E-state index in [4.69, 9.17) is 0 Å². The molecule has 0 spiro atoms. The van der Waals surface area contributed by atoms with Gasteiger partial charge < -0.3 is 10.2 Å². The Bertz CT molecular complexity index is 999. The summed E-state index contributed by atoms with van der Waals surface area (Å²) in [5, 5.41) is 23.1. The zero-order valence-electron chi connectivity index (χ0n) is 16.3. The molecular formula is C20H20N4O4S. The van der Waals surface area contributed by atoms with Gasteiger partial charge in [-0.05, 0) is 50.1 Å². The third kappa shape index (κ3) is 5.06. The normalized spacial score (nSPS) is 10.6. The highest BCUT2D eigenvalue weighted by Gasteiger charge is 2.23. The Morgan fingerprint density at radius 2 is 1.90 bits per heavy atom. The fraction of sp³-hybridized carbons (Fsp3) is 0.250. The fourth-order valence-electron chi connectivity index (χ4n) is 2.63. The molecule has 0 aliphatic heterocycles. The molecule has 0 aliphatic rings. The lowest BCUT2D eigenvalue weighted by molar-refractivity contribution is -0.384. The maximum Gasteiger partial charge on any atom is 0.269 e. The summed E-state index contributed by atoms with van der Waals surface area (Å²) in [6, 6.07) is 7.79. The molecule has 0 atom stereocenters. The molecule has 150 valence electrons. The number of carbonyl (C=O) groups excluding carboxylic acids is 2. The second kappa shape index (κ2) is 9.61. The molecule has 0 unspecified atom stereocenters. The lowest BCUT2D eigenvalue weighted by atomic mass is 10.1. The van der Waals surface area contributed by atoms with Crippen molar-refractivity contribution >= 4 is 39.9 Å². The van der Waals surface area contributed by atoms with Crippen molar-refractivity contribution in [2.45, 2.75) is 20.8 Å². The summed E-state index contributed by atoms with van der Waals surface area (Å²) in [6.45, 7) is 6.54. The number of non-ortho nitro benzene ring substituents is 1. The molecule has 9 heteroatoms. The Morgan fingerprint density at radius 1 is 1.28 bits per heavy atom. The van der Waals surface area contributed by atoms with Gasteiger partial charge >= 0.3 is 0 Å². The average Bonchev–Trinajstić information content (AvgIpc) is 3.02. The zero-order valence-corrected chi connectivity index (χ0v) is 17.1. The Labute approximate surface area is 172 Å². The van der Waals surface area contributed by atoms with Crippen LogP contribution in [-0.4, -0.2) is 34.7 Å². The van der Waals surface area contributed by atoms with E-state index in [0.717, 1.165) is 11.3 Å². The lowest BCUT2D eigenvalue weighted by Gasteiger charge is -2.17. The number of carbonyl (C=O) groups is 2. The number of nitro groups is 1. The summed E-state index contributed by atoms with van der Waals surface area (Å²) in [6.07, 6.45) is 2.77. The molecule has 0 fully saturated rings. The molecule has 1 aromatic heterocycles. The first-order chi connectivity index (χ1) is 13.8. The smallest absolute Gasteiger partial charge is 0.269 e. The summed E-state index contributed by atoms with van der Waals surface area (Å²) < 4.78 is 0. The fourth-order valence-corrected chi connectivity index (χ4v) is 3.76. The molecule has 2 amide bonds. The standard InChI is InChI=1S/C20H20N4O4S/c1-4-23(5-2)20(26)18-13(3)16(12-21)19(29-18)22-17(25)11-8-14-6-9-15(10-7-14)24(27)28/h6-11H,4-5H2,1-3H3,(H,22,25). The van der Waals surface area contributed by atoms with Crippen LogP contribution in [0.1, 0.15) is 40.2 Å². The minimum Gasteiger partial charge on any atom is -0.338 e. The van der Waals surface area contributed by atoms with E-state index in [1.807, 2.05) is 19.9 Å². The minimum absolute atomic E-state index is 0.0373. The van der Waals surface area contributed by atoms with Crippen LogP contribution in [0, 0.1) is 28.4 Å². The summed E-state index contributed by atoms with van der Waals surface area (Å²) in [4.78, 5) is 37.1. The first-order valence-electron chi connectivity index (χ1n) is 8.88. The van der Waals surface area contributed by atoms with Gasteiger partial charge in [0.05, 0.1) is 15.4 Å². The molecule has 0 saturated carbocycles. The second-order valence-electron chi connectivity index (χ2n) is 6.02. The first kappa shape index (κ1) is 21.8. The third-order valence-corrected chi connectivity index (χ3v) is 5.47. The molecule has 0 aliphatic carbocycles. The number of rotatable bonds is 7. The van der Waals surface area contributed by atoms with Crippen molar-refractivity contribution in [2.24, 2.45) is 0 Å². The summed E-state index contributed by atoms with van der Waals surface area (Å²) in [7, 11) is 0. The molecule has 1 N–H and O–H groups in total. The van der Waals surface area contributed by atoms with Crippen molar-refractivity contribution in [3.8, 4) is 6.07 Å². The number of nitro benzene ring substituents is 1. The number of nitriles is 1. The monoisotopic (exact) mass is 412 g/mol. The van der Waals surface area contributed by atoms with Crippen molar-refractivity contribution in [1.29, 1.82) is 5.26 Å².